The number of aromatic nitrogens is 1. The van der Waals surface area contributed by atoms with E-state index in [1.165, 1.54) is 12.1 Å². The van der Waals surface area contributed by atoms with Gasteiger partial charge in [0.15, 0.2) is 0 Å². The molecule has 0 bridgehead atoms. The number of carbonyl (C=O) groups excluding carboxylic acids is 1. The molecular formula is C18H24Cl2FN3OS. The van der Waals surface area contributed by atoms with Gasteiger partial charge in [0.25, 0.3) is 0 Å². The smallest absolute Gasteiger partial charge is 0.228 e. The molecule has 8 heteroatoms. The molecular weight excluding hydrogens is 396 g/mol. The molecule has 1 aromatic heterocycles. The van der Waals surface area contributed by atoms with Crippen molar-refractivity contribution in [3.05, 3.63) is 51.7 Å². The lowest BCUT2D eigenvalue weighted by Gasteiger charge is -2.35. The van der Waals surface area contributed by atoms with E-state index in [9.17, 15) is 9.18 Å². The maximum absolute atomic E-state index is 12.9. The fourth-order valence-corrected chi connectivity index (χ4v) is 3.95. The Kier molecular flexibility index (Phi) is 9.50. The number of hydrogen-bond donors (Lipinski definition) is 1. The van der Waals surface area contributed by atoms with Gasteiger partial charge in [-0.05, 0) is 37.0 Å². The lowest BCUT2D eigenvalue weighted by molar-refractivity contribution is -0.133. The Morgan fingerprint density at radius 2 is 2.00 bits per heavy atom. The van der Waals surface area contributed by atoms with Crippen molar-refractivity contribution in [3.63, 3.8) is 0 Å². The molecule has 26 heavy (non-hydrogen) atoms. The maximum atomic E-state index is 12.9. The number of nitrogens with zero attached hydrogens (tertiary/aromatic N) is 2. The number of amides is 1. The minimum Gasteiger partial charge on any atom is -0.338 e. The first-order valence-corrected chi connectivity index (χ1v) is 9.21. The molecule has 1 atom stereocenters. The van der Waals surface area contributed by atoms with E-state index in [1.807, 2.05) is 10.3 Å². The molecule has 1 unspecified atom stereocenters. The molecule has 1 saturated heterocycles. The van der Waals surface area contributed by atoms with Gasteiger partial charge in [-0.1, -0.05) is 12.1 Å². The van der Waals surface area contributed by atoms with Crippen molar-refractivity contribution in [3.8, 4) is 0 Å². The summed E-state index contributed by atoms with van der Waals surface area (Å²) in [6.07, 6.45) is 4.18. The topological polar surface area (TPSA) is 59.2 Å². The number of nitrogens with two attached hydrogens (primary N) is 1. The molecule has 1 fully saturated rings. The van der Waals surface area contributed by atoms with E-state index in [0.29, 0.717) is 19.4 Å². The van der Waals surface area contributed by atoms with Crippen LogP contribution in [0, 0.1) is 5.82 Å². The predicted molar refractivity (Wildman–Crippen MR) is 108 cm³/mol. The molecule has 1 amide bonds. The normalized spacial score (nSPS) is 16.5. The Balaban J connectivity index is 0.00000169. The van der Waals surface area contributed by atoms with Crippen molar-refractivity contribution in [2.75, 3.05) is 13.1 Å². The molecule has 0 radical (unpaired) electrons. The van der Waals surface area contributed by atoms with Crippen LogP contribution in [0.3, 0.4) is 0 Å². The van der Waals surface area contributed by atoms with Crippen LogP contribution in [0.4, 0.5) is 4.39 Å². The zero-order valence-corrected chi connectivity index (χ0v) is 16.8. The van der Waals surface area contributed by atoms with Crippen LogP contribution in [0.15, 0.2) is 29.6 Å². The molecule has 2 aromatic rings. The second kappa shape index (κ2) is 10.8. The zero-order valence-electron chi connectivity index (χ0n) is 14.4. The Bertz CT molecular complexity index is 696. The first-order valence-electron chi connectivity index (χ1n) is 8.33. The van der Waals surface area contributed by atoms with Crippen molar-refractivity contribution < 1.29 is 9.18 Å². The second-order valence-electron chi connectivity index (χ2n) is 6.19. The quantitative estimate of drug-likeness (QED) is 0.804. The highest BCUT2D eigenvalue weighted by Gasteiger charge is 2.25. The molecule has 3 rings (SSSR count). The number of thiazole rings is 1. The summed E-state index contributed by atoms with van der Waals surface area (Å²) >= 11 is 1.54. The monoisotopic (exact) mass is 419 g/mol. The van der Waals surface area contributed by atoms with Crippen molar-refractivity contribution in [1.82, 2.24) is 9.88 Å². The standard InChI is InChI=1S/C18H22FN3OS.2ClH/c19-14-6-4-13(5-7-14)9-17-21-15(12-24-17)10-18(23)22-8-2-1-3-16(22)11-20;;/h4-7,12,16H,1-3,8-11,20H2;2*1H. The van der Waals surface area contributed by atoms with E-state index in [2.05, 4.69) is 4.98 Å². The number of rotatable bonds is 5. The molecule has 1 aromatic carbocycles. The highest BCUT2D eigenvalue weighted by Crippen LogP contribution is 2.19. The average Bonchev–Trinajstić information content (AvgIpc) is 3.03. The van der Waals surface area contributed by atoms with Gasteiger partial charge in [-0.25, -0.2) is 9.37 Å². The first kappa shape index (κ1) is 22.8. The summed E-state index contributed by atoms with van der Waals surface area (Å²) in [5, 5.41) is 2.89. The van der Waals surface area contributed by atoms with E-state index in [-0.39, 0.29) is 42.6 Å². The molecule has 2 heterocycles. The molecule has 0 saturated carbocycles. The van der Waals surface area contributed by atoms with Gasteiger partial charge in [-0.3, -0.25) is 4.79 Å². The summed E-state index contributed by atoms with van der Waals surface area (Å²) in [4.78, 5) is 19.0. The highest BCUT2D eigenvalue weighted by molar-refractivity contribution is 7.09. The number of halogens is 3. The van der Waals surface area contributed by atoms with E-state index in [4.69, 9.17) is 5.73 Å². The third-order valence-electron chi connectivity index (χ3n) is 4.42. The molecule has 144 valence electrons. The van der Waals surface area contributed by atoms with Gasteiger partial charge >= 0.3 is 0 Å². The van der Waals surface area contributed by atoms with Crippen molar-refractivity contribution in [2.45, 2.75) is 38.1 Å². The van der Waals surface area contributed by atoms with Crippen LogP contribution in [-0.2, 0) is 17.6 Å². The Hall–Kier alpha value is -1.21. The molecule has 4 nitrogen and oxygen atoms in total. The molecule has 1 aliphatic rings. The fourth-order valence-electron chi connectivity index (χ4n) is 3.12. The van der Waals surface area contributed by atoms with E-state index in [1.54, 1.807) is 23.5 Å². The van der Waals surface area contributed by atoms with Crippen LogP contribution in [0.2, 0.25) is 0 Å². The van der Waals surface area contributed by atoms with Crippen LogP contribution < -0.4 is 5.73 Å². The maximum Gasteiger partial charge on any atom is 0.228 e. The summed E-state index contributed by atoms with van der Waals surface area (Å²) in [5.74, 6) is -0.121. The van der Waals surface area contributed by atoms with Crippen molar-refractivity contribution in [2.24, 2.45) is 5.73 Å². The van der Waals surface area contributed by atoms with Gasteiger partial charge in [-0.2, -0.15) is 0 Å². The van der Waals surface area contributed by atoms with E-state index >= 15 is 0 Å². The molecule has 0 aliphatic carbocycles. The Labute approximate surface area is 169 Å². The van der Waals surface area contributed by atoms with Gasteiger partial charge in [-0.15, -0.1) is 36.2 Å². The SMILES string of the molecule is Cl.Cl.NCC1CCCCN1C(=O)Cc1csc(Cc2ccc(F)cc2)n1. The third-order valence-corrected chi connectivity index (χ3v) is 5.32. The van der Waals surface area contributed by atoms with Crippen molar-refractivity contribution >= 4 is 42.1 Å². The number of carbonyl (C=O) groups is 1. The van der Waals surface area contributed by atoms with E-state index < -0.39 is 0 Å². The predicted octanol–water partition coefficient (Wildman–Crippen LogP) is 3.60. The number of benzene rings is 1. The second-order valence-corrected chi connectivity index (χ2v) is 7.13. The van der Waals surface area contributed by atoms with Gasteiger partial charge in [0, 0.05) is 30.9 Å². The number of piperidine rings is 1. The first-order chi connectivity index (χ1) is 11.7. The zero-order chi connectivity index (χ0) is 16.9. The largest absolute Gasteiger partial charge is 0.338 e. The summed E-state index contributed by atoms with van der Waals surface area (Å²) < 4.78 is 12.9. The van der Waals surface area contributed by atoms with Crippen LogP contribution in [0.5, 0.6) is 0 Å². The van der Waals surface area contributed by atoms with Crippen molar-refractivity contribution in [1.29, 1.82) is 0 Å². The van der Waals surface area contributed by atoms with Gasteiger partial charge in [0.05, 0.1) is 17.1 Å². The highest BCUT2D eigenvalue weighted by atomic mass is 35.5. The fraction of sp³-hybridized carbons (Fsp3) is 0.444. The minimum absolute atomic E-state index is 0. The van der Waals surface area contributed by atoms with E-state index in [0.717, 1.165) is 42.1 Å². The van der Waals surface area contributed by atoms with Gasteiger partial charge in [0.1, 0.15) is 5.82 Å². The molecule has 0 spiro atoms. The van der Waals surface area contributed by atoms with Crippen LogP contribution >= 0.6 is 36.2 Å². The van der Waals surface area contributed by atoms with Crippen LogP contribution in [0.25, 0.3) is 0 Å². The average molecular weight is 420 g/mol. The minimum atomic E-state index is -0.236. The lowest BCUT2D eigenvalue weighted by Crippen LogP contribution is -2.48. The van der Waals surface area contributed by atoms with Gasteiger partial charge in [0.2, 0.25) is 5.91 Å². The van der Waals surface area contributed by atoms with Gasteiger partial charge < -0.3 is 10.6 Å². The lowest BCUT2D eigenvalue weighted by atomic mass is 10.0. The number of likely N-dealkylation sites (tertiary alicyclic amines) is 1. The molecule has 1 aliphatic heterocycles. The van der Waals surface area contributed by atoms with Crippen LogP contribution in [0.1, 0.15) is 35.5 Å². The number of hydrogen-bond acceptors (Lipinski definition) is 4. The Morgan fingerprint density at radius 3 is 2.69 bits per heavy atom. The summed E-state index contributed by atoms with van der Waals surface area (Å²) in [5.41, 5.74) is 7.62. The van der Waals surface area contributed by atoms with Crippen LogP contribution in [-0.4, -0.2) is 34.9 Å². The molecule has 2 N–H and O–H groups in total. The summed E-state index contributed by atoms with van der Waals surface area (Å²) in [6, 6.07) is 6.61. The Morgan fingerprint density at radius 1 is 1.27 bits per heavy atom. The summed E-state index contributed by atoms with van der Waals surface area (Å²) in [7, 11) is 0. The third kappa shape index (κ3) is 5.91. The summed E-state index contributed by atoms with van der Waals surface area (Å²) in [6.45, 7) is 1.33.